The molecule has 1 unspecified atom stereocenters. The van der Waals surface area contributed by atoms with E-state index in [1.165, 1.54) is 50.2 Å². The fourth-order valence-electron chi connectivity index (χ4n) is 3.56. The lowest BCUT2D eigenvalue weighted by Gasteiger charge is -2.56. The highest BCUT2D eigenvalue weighted by Gasteiger charge is 2.54. The topological polar surface area (TPSA) is 29.3 Å². The molecule has 1 atom stereocenters. The van der Waals surface area contributed by atoms with Crippen LogP contribution < -0.4 is 5.73 Å². The highest BCUT2D eigenvalue weighted by Crippen LogP contribution is 2.50. The van der Waals surface area contributed by atoms with E-state index >= 15 is 0 Å². The first-order valence-electron chi connectivity index (χ1n) is 7.64. The molecule has 1 heterocycles. The molecule has 0 bridgehead atoms. The lowest BCUT2D eigenvalue weighted by atomic mass is 9.69. The SMILES string of the molecule is CC1(C)CCSCC1(CN)N(CC1CC1)C1CC1. The minimum atomic E-state index is 0.264. The van der Waals surface area contributed by atoms with Crippen molar-refractivity contribution in [2.45, 2.75) is 57.5 Å². The van der Waals surface area contributed by atoms with E-state index in [9.17, 15) is 0 Å². The van der Waals surface area contributed by atoms with Gasteiger partial charge in [0.15, 0.2) is 0 Å². The fourth-order valence-corrected chi connectivity index (χ4v) is 5.37. The minimum Gasteiger partial charge on any atom is -0.329 e. The zero-order chi connectivity index (χ0) is 12.8. The first-order chi connectivity index (χ1) is 8.59. The highest BCUT2D eigenvalue weighted by molar-refractivity contribution is 7.99. The van der Waals surface area contributed by atoms with Crippen LogP contribution in [0.5, 0.6) is 0 Å². The number of thioether (sulfide) groups is 1. The molecule has 2 nitrogen and oxygen atoms in total. The van der Waals surface area contributed by atoms with Gasteiger partial charge in [-0.05, 0) is 49.2 Å². The molecule has 0 aromatic carbocycles. The Morgan fingerprint density at radius 2 is 1.94 bits per heavy atom. The molecule has 0 aromatic rings. The van der Waals surface area contributed by atoms with Crippen LogP contribution in [-0.2, 0) is 0 Å². The van der Waals surface area contributed by atoms with Crippen molar-refractivity contribution >= 4 is 11.8 Å². The van der Waals surface area contributed by atoms with Crippen molar-refractivity contribution in [1.82, 2.24) is 4.90 Å². The second-order valence-electron chi connectivity index (χ2n) is 7.25. The molecule has 0 aromatic heterocycles. The van der Waals surface area contributed by atoms with E-state index in [-0.39, 0.29) is 5.54 Å². The lowest BCUT2D eigenvalue weighted by Crippen LogP contribution is -2.66. The van der Waals surface area contributed by atoms with Crippen molar-refractivity contribution in [3.8, 4) is 0 Å². The summed E-state index contributed by atoms with van der Waals surface area (Å²) >= 11 is 2.13. The van der Waals surface area contributed by atoms with Crippen LogP contribution >= 0.6 is 11.8 Å². The minimum absolute atomic E-state index is 0.264. The van der Waals surface area contributed by atoms with E-state index in [2.05, 4.69) is 30.5 Å². The highest BCUT2D eigenvalue weighted by atomic mass is 32.2. The molecular weight excluding hydrogens is 240 g/mol. The Balaban J connectivity index is 1.85. The summed E-state index contributed by atoms with van der Waals surface area (Å²) in [4.78, 5) is 2.86. The molecule has 18 heavy (non-hydrogen) atoms. The van der Waals surface area contributed by atoms with Crippen molar-refractivity contribution in [1.29, 1.82) is 0 Å². The smallest absolute Gasteiger partial charge is 0.0475 e. The standard InChI is InChI=1S/C15H28N2S/c1-14(2)7-8-18-11-15(14,10-16)17(13-5-6-13)9-12-3-4-12/h12-13H,3-11,16H2,1-2H3. The maximum absolute atomic E-state index is 6.32. The second kappa shape index (κ2) is 4.68. The maximum atomic E-state index is 6.32. The van der Waals surface area contributed by atoms with Gasteiger partial charge in [0.1, 0.15) is 0 Å². The molecule has 104 valence electrons. The molecule has 3 fully saturated rings. The Morgan fingerprint density at radius 3 is 2.44 bits per heavy atom. The summed E-state index contributed by atoms with van der Waals surface area (Å²) in [6.07, 6.45) is 7.06. The van der Waals surface area contributed by atoms with E-state index in [1.54, 1.807) is 0 Å². The van der Waals surface area contributed by atoms with Crippen LogP contribution in [0.1, 0.15) is 46.0 Å². The molecule has 3 heteroatoms. The molecular formula is C15H28N2S. The van der Waals surface area contributed by atoms with Gasteiger partial charge < -0.3 is 5.73 Å². The second-order valence-corrected chi connectivity index (χ2v) is 8.35. The molecule has 2 saturated carbocycles. The summed E-state index contributed by atoms with van der Waals surface area (Å²) in [5.74, 6) is 3.55. The zero-order valence-corrected chi connectivity index (χ0v) is 12.8. The van der Waals surface area contributed by atoms with Crippen LogP contribution in [-0.4, -0.2) is 41.1 Å². The molecule has 3 aliphatic rings. The Bertz CT molecular complexity index is 310. The maximum Gasteiger partial charge on any atom is 0.0475 e. The van der Waals surface area contributed by atoms with Crippen molar-refractivity contribution < 1.29 is 0 Å². The molecule has 0 spiro atoms. The Labute approximate surface area is 116 Å². The van der Waals surface area contributed by atoms with Crippen LogP contribution in [0.3, 0.4) is 0 Å². The van der Waals surface area contributed by atoms with Gasteiger partial charge in [-0.3, -0.25) is 4.90 Å². The van der Waals surface area contributed by atoms with Gasteiger partial charge in [-0.25, -0.2) is 0 Å². The van der Waals surface area contributed by atoms with Gasteiger partial charge in [-0.2, -0.15) is 11.8 Å². The molecule has 0 radical (unpaired) electrons. The van der Waals surface area contributed by atoms with Gasteiger partial charge in [-0.1, -0.05) is 13.8 Å². The van der Waals surface area contributed by atoms with Gasteiger partial charge in [0.2, 0.25) is 0 Å². The molecule has 2 aliphatic carbocycles. The number of hydrogen-bond donors (Lipinski definition) is 1. The van der Waals surface area contributed by atoms with E-state index in [0.717, 1.165) is 18.5 Å². The van der Waals surface area contributed by atoms with Crippen molar-refractivity contribution in [2.75, 3.05) is 24.6 Å². The molecule has 2 N–H and O–H groups in total. The van der Waals surface area contributed by atoms with Crippen LogP contribution in [0.15, 0.2) is 0 Å². The summed E-state index contributed by atoms with van der Waals surface area (Å²) in [5, 5.41) is 0. The van der Waals surface area contributed by atoms with Crippen molar-refractivity contribution in [3.05, 3.63) is 0 Å². The van der Waals surface area contributed by atoms with Gasteiger partial charge in [-0.15, -0.1) is 0 Å². The predicted molar refractivity (Wildman–Crippen MR) is 80.0 cm³/mol. The van der Waals surface area contributed by atoms with E-state index < -0.39 is 0 Å². The average Bonchev–Trinajstić information content (AvgIpc) is 3.19. The Kier molecular flexibility index (Phi) is 3.44. The Hall–Kier alpha value is 0.270. The predicted octanol–water partition coefficient (Wildman–Crippen LogP) is 2.72. The first-order valence-corrected chi connectivity index (χ1v) is 8.79. The summed E-state index contributed by atoms with van der Waals surface area (Å²) in [5.41, 5.74) is 6.96. The number of hydrogen-bond acceptors (Lipinski definition) is 3. The molecule has 1 saturated heterocycles. The van der Waals surface area contributed by atoms with Crippen LogP contribution in [0, 0.1) is 11.3 Å². The van der Waals surface area contributed by atoms with E-state index in [1.807, 2.05) is 0 Å². The van der Waals surface area contributed by atoms with Crippen molar-refractivity contribution in [2.24, 2.45) is 17.1 Å². The van der Waals surface area contributed by atoms with E-state index in [0.29, 0.717) is 5.41 Å². The third kappa shape index (κ3) is 2.23. The molecule has 1 aliphatic heterocycles. The summed E-state index contributed by atoms with van der Waals surface area (Å²) in [7, 11) is 0. The summed E-state index contributed by atoms with van der Waals surface area (Å²) in [6, 6.07) is 0.854. The quantitative estimate of drug-likeness (QED) is 0.831. The molecule has 3 rings (SSSR count). The number of rotatable bonds is 5. The average molecular weight is 268 g/mol. The van der Waals surface area contributed by atoms with Crippen LogP contribution in [0.25, 0.3) is 0 Å². The monoisotopic (exact) mass is 268 g/mol. The third-order valence-corrected chi connectivity index (χ3v) is 6.67. The van der Waals surface area contributed by atoms with Gasteiger partial charge in [0.05, 0.1) is 0 Å². The summed E-state index contributed by atoms with van der Waals surface area (Å²) in [6.45, 7) is 7.09. The number of nitrogens with two attached hydrogens (primary N) is 1. The normalized spacial score (nSPS) is 36.0. The largest absolute Gasteiger partial charge is 0.329 e. The van der Waals surface area contributed by atoms with Gasteiger partial charge in [0, 0.05) is 30.4 Å². The molecule has 0 amide bonds. The fraction of sp³-hybridized carbons (Fsp3) is 1.00. The van der Waals surface area contributed by atoms with Gasteiger partial charge >= 0.3 is 0 Å². The van der Waals surface area contributed by atoms with Crippen molar-refractivity contribution in [3.63, 3.8) is 0 Å². The zero-order valence-electron chi connectivity index (χ0n) is 12.0. The van der Waals surface area contributed by atoms with Crippen LogP contribution in [0.2, 0.25) is 0 Å². The summed E-state index contributed by atoms with van der Waals surface area (Å²) < 4.78 is 0. The third-order valence-electron chi connectivity index (χ3n) is 5.50. The lowest BCUT2D eigenvalue weighted by molar-refractivity contribution is -0.00824. The number of nitrogens with zero attached hydrogens (tertiary/aromatic N) is 1. The Morgan fingerprint density at radius 1 is 1.22 bits per heavy atom. The van der Waals surface area contributed by atoms with Crippen LogP contribution in [0.4, 0.5) is 0 Å². The first kappa shape index (κ1) is 13.3. The van der Waals surface area contributed by atoms with Gasteiger partial charge in [0.25, 0.3) is 0 Å². The van der Waals surface area contributed by atoms with E-state index in [4.69, 9.17) is 5.73 Å².